The predicted molar refractivity (Wildman–Crippen MR) is 119 cm³/mol. The van der Waals surface area contributed by atoms with Crippen LogP contribution in [-0.4, -0.2) is 32.3 Å². The molecule has 0 saturated heterocycles. The minimum Gasteiger partial charge on any atom is -0.385 e. The van der Waals surface area contributed by atoms with Crippen LogP contribution in [-0.2, 0) is 4.79 Å². The van der Waals surface area contributed by atoms with Crippen molar-refractivity contribution in [3.05, 3.63) is 59.8 Å². The molecule has 5 N–H and O–H groups in total. The molecule has 0 spiro atoms. The average Bonchev–Trinajstić information content (AvgIpc) is 3.41. The fourth-order valence-corrected chi connectivity index (χ4v) is 4.08. The largest absolute Gasteiger partial charge is 0.385 e. The molecule has 2 heterocycles. The number of rotatable bonds is 7. The second kappa shape index (κ2) is 9.39. The Labute approximate surface area is 186 Å². The van der Waals surface area contributed by atoms with E-state index < -0.39 is 6.10 Å². The van der Waals surface area contributed by atoms with Crippen molar-refractivity contribution in [3.8, 4) is 23.2 Å². The summed E-state index contributed by atoms with van der Waals surface area (Å²) in [6, 6.07) is 9.36. The Bertz CT molecular complexity index is 1130. The number of primary amides is 1. The van der Waals surface area contributed by atoms with Crippen molar-refractivity contribution in [3.63, 3.8) is 0 Å². The first-order valence-corrected chi connectivity index (χ1v) is 10.7. The first-order valence-electron chi connectivity index (χ1n) is 10.7. The predicted octanol–water partition coefficient (Wildman–Crippen LogP) is 2.39. The monoisotopic (exact) mass is 433 g/mol. The number of imidazole rings is 1. The molecule has 32 heavy (non-hydrogen) atoms. The van der Waals surface area contributed by atoms with Gasteiger partial charge in [-0.3, -0.25) is 4.79 Å². The van der Waals surface area contributed by atoms with Gasteiger partial charge in [-0.2, -0.15) is 0 Å². The number of nitrogens with zero attached hydrogens (tertiary/aromatic N) is 3. The summed E-state index contributed by atoms with van der Waals surface area (Å²) in [5, 5.41) is 14.1. The van der Waals surface area contributed by atoms with Gasteiger partial charge < -0.3 is 25.7 Å². The van der Waals surface area contributed by atoms with E-state index in [-0.39, 0.29) is 18.5 Å². The van der Waals surface area contributed by atoms with Crippen molar-refractivity contribution in [2.45, 2.75) is 38.3 Å². The van der Waals surface area contributed by atoms with Crippen LogP contribution >= 0.6 is 0 Å². The first-order chi connectivity index (χ1) is 15.4. The van der Waals surface area contributed by atoms with Crippen molar-refractivity contribution in [2.75, 3.05) is 6.54 Å². The summed E-state index contributed by atoms with van der Waals surface area (Å²) in [7, 11) is 0. The van der Waals surface area contributed by atoms with Gasteiger partial charge in [0.1, 0.15) is 17.6 Å². The van der Waals surface area contributed by atoms with E-state index in [4.69, 9.17) is 16.0 Å². The Kier molecular flexibility index (Phi) is 6.40. The standard InChI is InChI=1S/C24H27N5O3/c1-15(30)24-27-8-9-29(24)21(14-25)20-13-22(32-28-20)19-6-4-16(5-7-19)2-3-17-10-18(11-17)12-23(26)31/h4-9,13,15,17-18,21,30H,10-12,14,25H2,1H3,(H2,26,31)/t15?,17-,18-,21?. The third kappa shape index (κ3) is 4.74. The maximum Gasteiger partial charge on any atom is 0.217 e. The van der Waals surface area contributed by atoms with E-state index in [1.54, 1.807) is 19.3 Å². The summed E-state index contributed by atoms with van der Waals surface area (Å²) in [4.78, 5) is 15.2. The molecule has 2 atom stereocenters. The van der Waals surface area contributed by atoms with Crippen LogP contribution in [0.4, 0.5) is 0 Å². The normalized spacial score (nSPS) is 19.5. The lowest BCUT2D eigenvalue weighted by molar-refractivity contribution is -0.119. The minimum atomic E-state index is -0.715. The maximum atomic E-state index is 10.9. The second-order valence-electron chi connectivity index (χ2n) is 8.29. The van der Waals surface area contributed by atoms with Gasteiger partial charge in [0.2, 0.25) is 5.91 Å². The molecule has 1 aromatic carbocycles. The Hall–Kier alpha value is -3.41. The van der Waals surface area contributed by atoms with Crippen LogP contribution in [0.15, 0.2) is 47.2 Å². The smallest absolute Gasteiger partial charge is 0.217 e. The van der Waals surface area contributed by atoms with E-state index in [9.17, 15) is 9.90 Å². The summed E-state index contributed by atoms with van der Waals surface area (Å²) in [6.07, 6.45) is 5.02. The second-order valence-corrected chi connectivity index (χ2v) is 8.29. The lowest BCUT2D eigenvalue weighted by Crippen LogP contribution is -2.27. The van der Waals surface area contributed by atoms with Crippen LogP contribution in [0.1, 0.15) is 55.4 Å². The lowest BCUT2D eigenvalue weighted by Gasteiger charge is -2.30. The number of aliphatic hydroxyl groups is 1. The van der Waals surface area contributed by atoms with E-state index in [0.29, 0.717) is 35.5 Å². The van der Waals surface area contributed by atoms with Gasteiger partial charge >= 0.3 is 0 Å². The molecule has 1 aliphatic rings. The number of aliphatic hydroxyl groups excluding tert-OH is 1. The van der Waals surface area contributed by atoms with E-state index in [0.717, 1.165) is 24.0 Å². The fraction of sp³-hybridized carbons (Fsp3) is 0.375. The number of nitrogens with two attached hydrogens (primary N) is 2. The van der Waals surface area contributed by atoms with Crippen LogP contribution in [0.3, 0.4) is 0 Å². The quantitative estimate of drug-likeness (QED) is 0.490. The van der Waals surface area contributed by atoms with Crippen LogP contribution in [0.2, 0.25) is 0 Å². The van der Waals surface area contributed by atoms with Gasteiger partial charge in [-0.25, -0.2) is 4.98 Å². The highest BCUT2D eigenvalue weighted by Crippen LogP contribution is 2.35. The van der Waals surface area contributed by atoms with Gasteiger partial charge in [0.05, 0.1) is 6.04 Å². The molecular weight excluding hydrogens is 406 g/mol. The van der Waals surface area contributed by atoms with Gasteiger partial charge in [-0.05, 0) is 49.9 Å². The average molecular weight is 434 g/mol. The number of hydrogen-bond acceptors (Lipinski definition) is 6. The molecule has 1 amide bonds. The Morgan fingerprint density at radius 3 is 2.75 bits per heavy atom. The molecule has 8 nitrogen and oxygen atoms in total. The van der Waals surface area contributed by atoms with Gasteiger partial charge in [0.15, 0.2) is 5.76 Å². The van der Waals surface area contributed by atoms with Gasteiger partial charge in [-0.1, -0.05) is 17.0 Å². The number of amides is 1. The van der Waals surface area contributed by atoms with Crippen molar-refractivity contribution < 1.29 is 14.4 Å². The topological polar surface area (TPSA) is 133 Å². The molecule has 0 radical (unpaired) electrons. The third-order valence-electron chi connectivity index (χ3n) is 5.82. The molecule has 1 fully saturated rings. The summed E-state index contributed by atoms with van der Waals surface area (Å²) < 4.78 is 7.38. The molecule has 1 aliphatic carbocycles. The van der Waals surface area contributed by atoms with Crippen LogP contribution in [0.25, 0.3) is 11.3 Å². The number of hydrogen-bond donors (Lipinski definition) is 3. The summed E-state index contributed by atoms with van der Waals surface area (Å²) in [5.41, 5.74) is 13.7. The molecular formula is C24H27N5O3. The molecule has 4 rings (SSSR count). The van der Waals surface area contributed by atoms with Gasteiger partial charge in [0, 0.05) is 48.5 Å². The van der Waals surface area contributed by atoms with E-state index in [1.165, 1.54) is 0 Å². The highest BCUT2D eigenvalue weighted by molar-refractivity contribution is 5.74. The molecule has 2 unspecified atom stereocenters. The highest BCUT2D eigenvalue weighted by atomic mass is 16.5. The van der Waals surface area contributed by atoms with Crippen LogP contribution < -0.4 is 11.5 Å². The van der Waals surface area contributed by atoms with Crippen molar-refractivity contribution >= 4 is 5.91 Å². The van der Waals surface area contributed by atoms with Crippen LogP contribution in [0.5, 0.6) is 0 Å². The number of carbonyl (C=O) groups excluding carboxylic acids is 1. The number of carbonyl (C=O) groups is 1. The Morgan fingerprint density at radius 2 is 2.09 bits per heavy atom. The van der Waals surface area contributed by atoms with E-state index in [1.807, 2.05) is 34.9 Å². The first kappa shape index (κ1) is 21.8. The minimum absolute atomic E-state index is 0.237. The van der Waals surface area contributed by atoms with Crippen molar-refractivity contribution in [2.24, 2.45) is 23.3 Å². The molecule has 8 heteroatoms. The Morgan fingerprint density at radius 1 is 1.34 bits per heavy atom. The molecule has 0 aliphatic heterocycles. The summed E-state index contributed by atoms with van der Waals surface area (Å²) in [6.45, 7) is 1.95. The Balaban J connectivity index is 1.43. The van der Waals surface area contributed by atoms with E-state index in [2.05, 4.69) is 22.0 Å². The van der Waals surface area contributed by atoms with Gasteiger partial charge in [-0.15, -0.1) is 0 Å². The SMILES string of the molecule is CC(O)c1nccn1C(CN)c1cc(-c2ccc(C#C[C@H]3C[C@H](CC(N)=O)C3)cc2)on1. The fourth-order valence-electron chi connectivity index (χ4n) is 4.08. The molecule has 0 bridgehead atoms. The van der Waals surface area contributed by atoms with Crippen LogP contribution in [0, 0.1) is 23.7 Å². The lowest BCUT2D eigenvalue weighted by atomic mass is 9.73. The van der Waals surface area contributed by atoms with Crippen molar-refractivity contribution in [1.29, 1.82) is 0 Å². The summed E-state index contributed by atoms with van der Waals surface area (Å²) >= 11 is 0. The molecule has 1 saturated carbocycles. The highest BCUT2D eigenvalue weighted by Gasteiger charge is 2.28. The maximum absolute atomic E-state index is 10.9. The zero-order chi connectivity index (χ0) is 22.7. The number of aromatic nitrogens is 3. The van der Waals surface area contributed by atoms with E-state index >= 15 is 0 Å². The zero-order valence-corrected chi connectivity index (χ0v) is 17.9. The molecule has 3 aromatic rings. The number of benzene rings is 1. The molecule has 166 valence electrons. The van der Waals surface area contributed by atoms with Gasteiger partial charge in [0.25, 0.3) is 0 Å². The summed E-state index contributed by atoms with van der Waals surface area (Å²) in [5.74, 6) is 8.11. The molecule has 2 aromatic heterocycles. The third-order valence-corrected chi connectivity index (χ3v) is 5.82. The van der Waals surface area contributed by atoms with Crippen molar-refractivity contribution in [1.82, 2.24) is 14.7 Å². The zero-order valence-electron chi connectivity index (χ0n) is 17.9.